The van der Waals surface area contributed by atoms with Crippen LogP contribution in [0.15, 0.2) is 30.3 Å². The van der Waals surface area contributed by atoms with Crippen molar-refractivity contribution in [1.82, 2.24) is 5.32 Å². The molecule has 0 fully saturated rings. The zero-order valence-corrected chi connectivity index (χ0v) is 21.2. The first kappa shape index (κ1) is 30.4. The molecule has 1 N–H and O–H groups in total. The summed E-state index contributed by atoms with van der Waals surface area (Å²) in [5.74, 6) is 0. The molecule has 0 bridgehead atoms. The molecule has 1 rings (SSSR count). The van der Waals surface area contributed by atoms with E-state index in [0.717, 1.165) is 19.5 Å². The normalized spacial score (nSPS) is 11.1. The third kappa shape index (κ3) is 19.8. The van der Waals surface area contributed by atoms with Gasteiger partial charge in [-0.2, -0.15) is 0 Å². The summed E-state index contributed by atoms with van der Waals surface area (Å²) < 4.78 is 10.4. The van der Waals surface area contributed by atoms with Crippen LogP contribution in [0.25, 0.3) is 0 Å². The summed E-state index contributed by atoms with van der Waals surface area (Å²) in [7, 11) is 3.45. The highest BCUT2D eigenvalue weighted by molar-refractivity contribution is 5.85. The maximum absolute atomic E-state index is 5.22. The van der Waals surface area contributed by atoms with Crippen molar-refractivity contribution in [3.05, 3.63) is 35.9 Å². The zero-order valence-electron chi connectivity index (χ0n) is 20.4. The number of hydrogen-bond donors (Lipinski definition) is 1. The lowest BCUT2D eigenvalue weighted by Crippen LogP contribution is -2.14. The molecule has 0 aromatic heterocycles. The average Bonchev–Trinajstić information content (AvgIpc) is 2.78. The fourth-order valence-electron chi connectivity index (χ4n) is 4.02. The van der Waals surface area contributed by atoms with Gasteiger partial charge in [-0.25, -0.2) is 0 Å². The van der Waals surface area contributed by atoms with E-state index in [0.29, 0.717) is 0 Å². The highest BCUT2D eigenvalue weighted by Gasteiger charge is 2.03. The van der Waals surface area contributed by atoms with E-state index in [9.17, 15) is 0 Å². The molecule has 0 heterocycles. The summed E-state index contributed by atoms with van der Waals surface area (Å²) in [5, 5.41) is 3.55. The van der Waals surface area contributed by atoms with Gasteiger partial charge >= 0.3 is 0 Å². The largest absolute Gasteiger partial charge is 0.356 e. The molecular weight excluding hydrogens is 406 g/mol. The van der Waals surface area contributed by atoms with E-state index >= 15 is 0 Å². The number of rotatable bonds is 22. The number of hydrogen-bond acceptors (Lipinski definition) is 3. The summed E-state index contributed by atoms with van der Waals surface area (Å²) >= 11 is 0. The summed E-state index contributed by atoms with van der Waals surface area (Å²) in [6.45, 7) is 2.15. The quantitative estimate of drug-likeness (QED) is 0.141. The standard InChI is InChI=1S/C27H49NO2.ClH/c1-29-27(30-2)23-19-14-12-10-8-6-4-3-5-7-9-11-13-15-20-24-28-25-26-21-17-16-18-22-26;/h16-18,21-22,27-28H,3-15,19-20,23-25H2,1-2H3;1H. The number of benzene rings is 1. The van der Waals surface area contributed by atoms with Gasteiger partial charge in [0.2, 0.25) is 0 Å². The fourth-order valence-corrected chi connectivity index (χ4v) is 4.02. The molecule has 0 aliphatic carbocycles. The highest BCUT2D eigenvalue weighted by atomic mass is 35.5. The molecule has 0 atom stereocenters. The molecule has 0 amide bonds. The van der Waals surface area contributed by atoms with Crippen LogP contribution in [0.3, 0.4) is 0 Å². The van der Waals surface area contributed by atoms with Crippen LogP contribution < -0.4 is 5.32 Å². The van der Waals surface area contributed by atoms with Gasteiger partial charge in [-0.15, -0.1) is 12.4 Å². The predicted molar refractivity (Wildman–Crippen MR) is 137 cm³/mol. The van der Waals surface area contributed by atoms with E-state index in [4.69, 9.17) is 9.47 Å². The highest BCUT2D eigenvalue weighted by Crippen LogP contribution is 2.14. The predicted octanol–water partition coefficient (Wildman–Crippen LogP) is 8.06. The van der Waals surface area contributed by atoms with Crippen molar-refractivity contribution >= 4 is 12.4 Å². The molecule has 31 heavy (non-hydrogen) atoms. The molecule has 1 aromatic carbocycles. The third-order valence-electron chi connectivity index (χ3n) is 5.99. The Morgan fingerprint density at radius 2 is 1.03 bits per heavy atom. The average molecular weight is 456 g/mol. The van der Waals surface area contributed by atoms with Crippen molar-refractivity contribution in [2.45, 2.75) is 116 Å². The lowest BCUT2D eigenvalue weighted by atomic mass is 10.0. The first-order chi connectivity index (χ1) is 14.9. The van der Waals surface area contributed by atoms with Gasteiger partial charge in [-0.1, -0.05) is 114 Å². The Morgan fingerprint density at radius 1 is 0.613 bits per heavy atom. The topological polar surface area (TPSA) is 30.5 Å². The fraction of sp³-hybridized carbons (Fsp3) is 0.778. The Labute approximate surface area is 199 Å². The molecule has 1 aromatic rings. The van der Waals surface area contributed by atoms with Gasteiger partial charge in [0.1, 0.15) is 0 Å². The lowest BCUT2D eigenvalue weighted by molar-refractivity contribution is -0.107. The molecule has 0 spiro atoms. The van der Waals surface area contributed by atoms with Crippen molar-refractivity contribution in [3.8, 4) is 0 Å². The minimum absolute atomic E-state index is 0. The molecule has 182 valence electrons. The van der Waals surface area contributed by atoms with E-state index in [1.807, 2.05) is 0 Å². The van der Waals surface area contributed by atoms with Crippen molar-refractivity contribution < 1.29 is 9.47 Å². The van der Waals surface area contributed by atoms with Crippen molar-refractivity contribution in [1.29, 1.82) is 0 Å². The van der Waals surface area contributed by atoms with Crippen LogP contribution in [0, 0.1) is 0 Å². The third-order valence-corrected chi connectivity index (χ3v) is 5.99. The number of nitrogens with one attached hydrogen (secondary N) is 1. The van der Waals surface area contributed by atoms with Crippen LogP contribution in [-0.2, 0) is 16.0 Å². The van der Waals surface area contributed by atoms with Crippen LogP contribution in [-0.4, -0.2) is 27.1 Å². The molecule has 0 saturated heterocycles. The first-order valence-corrected chi connectivity index (χ1v) is 12.7. The summed E-state index contributed by atoms with van der Waals surface area (Å²) in [5.41, 5.74) is 1.39. The van der Waals surface area contributed by atoms with Crippen molar-refractivity contribution in [2.75, 3.05) is 20.8 Å². The van der Waals surface area contributed by atoms with Gasteiger partial charge in [0, 0.05) is 20.8 Å². The Hall–Kier alpha value is -0.610. The van der Waals surface area contributed by atoms with Gasteiger partial charge < -0.3 is 14.8 Å². The zero-order chi connectivity index (χ0) is 21.5. The molecule has 0 aliphatic rings. The van der Waals surface area contributed by atoms with Crippen molar-refractivity contribution in [3.63, 3.8) is 0 Å². The molecule has 4 heteroatoms. The van der Waals surface area contributed by atoms with Crippen LogP contribution in [0.4, 0.5) is 0 Å². The number of methoxy groups -OCH3 is 2. The minimum Gasteiger partial charge on any atom is -0.356 e. The molecule has 3 nitrogen and oxygen atoms in total. The van der Waals surface area contributed by atoms with E-state index in [2.05, 4.69) is 35.6 Å². The molecule has 0 unspecified atom stereocenters. The van der Waals surface area contributed by atoms with Crippen LogP contribution >= 0.6 is 12.4 Å². The Balaban J connectivity index is 0.00000900. The summed E-state index contributed by atoms with van der Waals surface area (Å²) in [6, 6.07) is 10.7. The number of halogens is 1. The SMILES string of the molecule is COC(CCCCCCCCCCCCCCCCCNCc1ccccc1)OC.Cl. The smallest absolute Gasteiger partial charge is 0.156 e. The maximum atomic E-state index is 5.22. The van der Waals surface area contributed by atoms with Crippen LogP contribution in [0.1, 0.15) is 108 Å². The Bertz CT molecular complexity index is 454. The van der Waals surface area contributed by atoms with E-state index in [1.54, 1.807) is 14.2 Å². The van der Waals surface area contributed by atoms with Gasteiger partial charge in [0.25, 0.3) is 0 Å². The molecule has 0 aliphatic heterocycles. The van der Waals surface area contributed by atoms with Gasteiger partial charge in [-0.3, -0.25) is 0 Å². The first-order valence-electron chi connectivity index (χ1n) is 12.7. The minimum atomic E-state index is -0.00747. The Kier molecular flexibility index (Phi) is 23.6. The molecular formula is C27H50ClNO2. The maximum Gasteiger partial charge on any atom is 0.156 e. The molecule has 0 saturated carbocycles. The van der Waals surface area contributed by atoms with Crippen LogP contribution in [0.2, 0.25) is 0 Å². The van der Waals surface area contributed by atoms with Crippen molar-refractivity contribution in [2.24, 2.45) is 0 Å². The van der Waals surface area contributed by atoms with E-state index < -0.39 is 0 Å². The van der Waals surface area contributed by atoms with Gasteiger partial charge in [0.05, 0.1) is 0 Å². The second kappa shape index (κ2) is 24.0. The summed E-state index contributed by atoms with van der Waals surface area (Å²) in [6.07, 6.45) is 21.8. The Morgan fingerprint density at radius 3 is 1.48 bits per heavy atom. The van der Waals surface area contributed by atoms with Crippen LogP contribution in [0.5, 0.6) is 0 Å². The van der Waals surface area contributed by atoms with Gasteiger partial charge in [0.15, 0.2) is 6.29 Å². The second-order valence-electron chi connectivity index (χ2n) is 8.66. The second-order valence-corrected chi connectivity index (χ2v) is 8.66. The van der Waals surface area contributed by atoms with Gasteiger partial charge in [-0.05, 0) is 31.4 Å². The summed E-state index contributed by atoms with van der Waals surface area (Å²) in [4.78, 5) is 0. The lowest BCUT2D eigenvalue weighted by Gasteiger charge is -2.12. The monoisotopic (exact) mass is 455 g/mol. The number of ether oxygens (including phenoxy) is 2. The molecule has 0 radical (unpaired) electrons. The van der Waals surface area contributed by atoms with E-state index in [-0.39, 0.29) is 18.7 Å². The number of unbranched alkanes of at least 4 members (excludes halogenated alkanes) is 14. The van der Waals surface area contributed by atoms with E-state index in [1.165, 1.54) is 102 Å².